The van der Waals surface area contributed by atoms with Crippen LogP contribution in [0.3, 0.4) is 0 Å². The lowest BCUT2D eigenvalue weighted by Crippen LogP contribution is -2.28. The molecule has 0 aliphatic carbocycles. The van der Waals surface area contributed by atoms with E-state index < -0.39 is 6.09 Å². The van der Waals surface area contributed by atoms with E-state index in [-0.39, 0.29) is 6.61 Å². The minimum absolute atomic E-state index is 0.0971. The molecule has 0 aliphatic heterocycles. The fraction of sp³-hybridized carbons (Fsp3) is 0.846. The summed E-state index contributed by atoms with van der Waals surface area (Å²) in [5, 5.41) is 2.59. The predicted molar refractivity (Wildman–Crippen MR) is 72.8 cm³/mol. The lowest BCUT2D eigenvalue weighted by Gasteiger charge is -2.07. The topological polar surface area (TPSA) is 83.1 Å². The SMILES string of the molecule is CCCCOC(=O)NCCOCCOCCOCC=O. The van der Waals surface area contributed by atoms with E-state index in [0.29, 0.717) is 52.5 Å². The van der Waals surface area contributed by atoms with Crippen LogP contribution in [0.15, 0.2) is 0 Å². The number of hydrogen-bond donors (Lipinski definition) is 1. The first-order valence-electron chi connectivity index (χ1n) is 6.88. The number of unbranched alkanes of at least 4 members (excludes halogenated alkanes) is 1. The summed E-state index contributed by atoms with van der Waals surface area (Å²) in [6.45, 7) is 5.12. The average Bonchev–Trinajstić information content (AvgIpc) is 2.45. The molecule has 7 nitrogen and oxygen atoms in total. The third-order valence-electron chi connectivity index (χ3n) is 2.18. The van der Waals surface area contributed by atoms with E-state index in [1.807, 2.05) is 6.92 Å². The molecule has 0 aromatic heterocycles. The Morgan fingerprint density at radius 1 is 1.00 bits per heavy atom. The molecular weight excluding hydrogens is 266 g/mol. The maximum Gasteiger partial charge on any atom is 0.407 e. The first kappa shape index (κ1) is 18.8. The zero-order valence-electron chi connectivity index (χ0n) is 12.1. The second-order valence-corrected chi connectivity index (χ2v) is 3.88. The van der Waals surface area contributed by atoms with Crippen LogP contribution in [0.5, 0.6) is 0 Å². The molecule has 0 aromatic rings. The Balaban J connectivity index is 3.08. The molecule has 1 N–H and O–H groups in total. The van der Waals surface area contributed by atoms with Gasteiger partial charge in [-0.1, -0.05) is 13.3 Å². The van der Waals surface area contributed by atoms with E-state index >= 15 is 0 Å². The Morgan fingerprint density at radius 2 is 1.65 bits per heavy atom. The fourth-order valence-corrected chi connectivity index (χ4v) is 1.16. The molecule has 0 radical (unpaired) electrons. The number of aldehydes is 1. The average molecular weight is 291 g/mol. The molecule has 0 bridgehead atoms. The van der Waals surface area contributed by atoms with Gasteiger partial charge in [0.25, 0.3) is 0 Å². The number of nitrogens with one attached hydrogen (secondary N) is 1. The van der Waals surface area contributed by atoms with Gasteiger partial charge in [-0.25, -0.2) is 4.79 Å². The van der Waals surface area contributed by atoms with Gasteiger partial charge in [-0.3, -0.25) is 0 Å². The smallest absolute Gasteiger partial charge is 0.407 e. The van der Waals surface area contributed by atoms with E-state index in [2.05, 4.69) is 5.32 Å². The second-order valence-electron chi connectivity index (χ2n) is 3.88. The van der Waals surface area contributed by atoms with Crippen molar-refractivity contribution in [3.63, 3.8) is 0 Å². The van der Waals surface area contributed by atoms with E-state index in [1.165, 1.54) is 0 Å². The first-order valence-corrected chi connectivity index (χ1v) is 6.88. The van der Waals surface area contributed by atoms with Gasteiger partial charge in [-0.05, 0) is 6.42 Å². The second kappa shape index (κ2) is 15.9. The van der Waals surface area contributed by atoms with E-state index in [0.717, 1.165) is 12.8 Å². The van der Waals surface area contributed by atoms with Gasteiger partial charge in [-0.15, -0.1) is 0 Å². The summed E-state index contributed by atoms with van der Waals surface area (Å²) >= 11 is 0. The van der Waals surface area contributed by atoms with Gasteiger partial charge in [0.1, 0.15) is 12.9 Å². The van der Waals surface area contributed by atoms with Crippen LogP contribution < -0.4 is 5.32 Å². The largest absolute Gasteiger partial charge is 0.450 e. The van der Waals surface area contributed by atoms with Gasteiger partial charge in [0, 0.05) is 6.54 Å². The number of ether oxygens (including phenoxy) is 4. The fourth-order valence-electron chi connectivity index (χ4n) is 1.16. The van der Waals surface area contributed by atoms with Gasteiger partial charge in [0.2, 0.25) is 0 Å². The molecule has 0 spiro atoms. The number of carbonyl (C=O) groups excluding carboxylic acids is 2. The van der Waals surface area contributed by atoms with Crippen molar-refractivity contribution in [3.05, 3.63) is 0 Å². The number of alkyl carbamates (subject to hydrolysis) is 1. The van der Waals surface area contributed by atoms with E-state index in [4.69, 9.17) is 18.9 Å². The quantitative estimate of drug-likeness (QED) is 0.376. The zero-order chi connectivity index (χ0) is 14.9. The van der Waals surface area contributed by atoms with Crippen LogP contribution >= 0.6 is 0 Å². The van der Waals surface area contributed by atoms with Gasteiger partial charge in [-0.2, -0.15) is 0 Å². The normalized spacial score (nSPS) is 10.2. The van der Waals surface area contributed by atoms with Crippen LogP contribution in [0, 0.1) is 0 Å². The Labute approximate surface area is 119 Å². The molecule has 118 valence electrons. The van der Waals surface area contributed by atoms with Crippen molar-refractivity contribution in [1.29, 1.82) is 0 Å². The van der Waals surface area contributed by atoms with E-state index in [1.54, 1.807) is 0 Å². The molecule has 0 unspecified atom stereocenters. The molecule has 0 aromatic carbocycles. The molecule has 20 heavy (non-hydrogen) atoms. The molecule has 0 fully saturated rings. The molecule has 7 heteroatoms. The highest BCUT2D eigenvalue weighted by molar-refractivity contribution is 5.66. The van der Waals surface area contributed by atoms with Gasteiger partial charge in [0.15, 0.2) is 0 Å². The number of hydrogen-bond acceptors (Lipinski definition) is 6. The van der Waals surface area contributed by atoms with Crippen molar-refractivity contribution in [1.82, 2.24) is 5.32 Å². The molecule has 0 atom stereocenters. The third-order valence-corrected chi connectivity index (χ3v) is 2.18. The first-order chi connectivity index (χ1) is 9.81. The standard InChI is InChI=1S/C13H25NO6/c1-2-3-6-20-13(16)14-4-7-17-9-11-19-12-10-18-8-5-15/h5H,2-4,6-12H2,1H3,(H,14,16). The monoisotopic (exact) mass is 291 g/mol. The third kappa shape index (κ3) is 14.9. The summed E-state index contributed by atoms with van der Waals surface area (Å²) in [7, 11) is 0. The van der Waals surface area contributed by atoms with Crippen LogP contribution in [0.4, 0.5) is 4.79 Å². The minimum atomic E-state index is -0.411. The Hall–Kier alpha value is -1.18. The van der Waals surface area contributed by atoms with Gasteiger partial charge >= 0.3 is 6.09 Å². The lowest BCUT2D eigenvalue weighted by atomic mass is 10.4. The van der Waals surface area contributed by atoms with Crippen molar-refractivity contribution in [2.75, 3.05) is 52.8 Å². The maximum absolute atomic E-state index is 11.1. The summed E-state index contributed by atoms with van der Waals surface area (Å²) in [4.78, 5) is 21.1. The highest BCUT2D eigenvalue weighted by Gasteiger charge is 1.99. The zero-order valence-corrected chi connectivity index (χ0v) is 12.1. The highest BCUT2D eigenvalue weighted by Crippen LogP contribution is 1.88. The predicted octanol–water partition coefficient (Wildman–Crippen LogP) is 0.761. The van der Waals surface area contributed by atoms with Crippen LogP contribution in [0.2, 0.25) is 0 Å². The van der Waals surface area contributed by atoms with Crippen LogP contribution in [-0.4, -0.2) is 65.2 Å². The number of carbonyl (C=O) groups is 2. The Kier molecular flexibility index (Phi) is 14.9. The molecule has 0 saturated carbocycles. The van der Waals surface area contributed by atoms with Crippen molar-refractivity contribution < 1.29 is 28.5 Å². The summed E-state index contributed by atoms with van der Waals surface area (Å²) in [6, 6.07) is 0. The molecule has 0 aliphatic rings. The summed E-state index contributed by atoms with van der Waals surface area (Å²) in [5.74, 6) is 0. The molecular formula is C13H25NO6. The minimum Gasteiger partial charge on any atom is -0.450 e. The summed E-state index contributed by atoms with van der Waals surface area (Å²) in [6.07, 6.45) is 2.16. The Morgan fingerprint density at radius 3 is 2.30 bits per heavy atom. The lowest BCUT2D eigenvalue weighted by molar-refractivity contribution is -0.112. The number of amides is 1. The van der Waals surface area contributed by atoms with E-state index in [9.17, 15) is 9.59 Å². The van der Waals surface area contributed by atoms with Crippen LogP contribution in [-0.2, 0) is 23.7 Å². The van der Waals surface area contributed by atoms with Crippen molar-refractivity contribution >= 4 is 12.4 Å². The summed E-state index contributed by atoms with van der Waals surface area (Å²) < 4.78 is 20.2. The summed E-state index contributed by atoms with van der Waals surface area (Å²) in [5.41, 5.74) is 0. The van der Waals surface area contributed by atoms with Crippen LogP contribution in [0.1, 0.15) is 19.8 Å². The molecule has 1 amide bonds. The Bertz CT molecular complexity index is 237. The van der Waals surface area contributed by atoms with Gasteiger partial charge < -0.3 is 29.1 Å². The van der Waals surface area contributed by atoms with Crippen molar-refractivity contribution in [2.24, 2.45) is 0 Å². The maximum atomic E-state index is 11.1. The molecule has 0 heterocycles. The van der Waals surface area contributed by atoms with Gasteiger partial charge in [0.05, 0.1) is 39.6 Å². The van der Waals surface area contributed by atoms with Crippen LogP contribution in [0.25, 0.3) is 0 Å². The highest BCUT2D eigenvalue weighted by atomic mass is 16.6. The molecule has 0 rings (SSSR count). The number of rotatable bonds is 14. The van der Waals surface area contributed by atoms with Crippen molar-refractivity contribution in [2.45, 2.75) is 19.8 Å². The molecule has 0 saturated heterocycles. The van der Waals surface area contributed by atoms with Crippen molar-refractivity contribution in [3.8, 4) is 0 Å².